The Morgan fingerprint density at radius 3 is 2.63 bits per heavy atom. The quantitative estimate of drug-likeness (QED) is 0.328. The van der Waals surface area contributed by atoms with Gasteiger partial charge >= 0.3 is 0 Å². The Morgan fingerprint density at radius 2 is 1.94 bits per heavy atom. The van der Waals surface area contributed by atoms with Crippen molar-refractivity contribution in [2.75, 3.05) is 5.32 Å². The average molecular weight is 493 g/mol. The normalized spacial score (nSPS) is 11.3. The maximum Gasteiger partial charge on any atom is 0.291 e. The standard InChI is InChI=1S/C24H17F2N5O3S/c25-21(26)16-11-15(13-5-2-1-3-6-13)18-19(20(22(27)32)35-24(18)29-16)30-23(33)17-8-7-14(34-17)12-31-10-4-9-28-31/h1-11,21H,12H2,(H2,27,32)(H,30,33). The largest absolute Gasteiger partial charge is 0.454 e. The highest BCUT2D eigenvalue weighted by atomic mass is 32.1. The molecule has 176 valence electrons. The van der Waals surface area contributed by atoms with Crippen LogP contribution in [0.5, 0.6) is 0 Å². The summed E-state index contributed by atoms with van der Waals surface area (Å²) in [6.07, 6.45) is 0.557. The minimum atomic E-state index is -2.82. The highest BCUT2D eigenvalue weighted by Crippen LogP contribution is 2.42. The summed E-state index contributed by atoms with van der Waals surface area (Å²) in [6, 6.07) is 14.9. The summed E-state index contributed by atoms with van der Waals surface area (Å²) in [7, 11) is 0. The first-order valence-corrected chi connectivity index (χ1v) is 11.2. The lowest BCUT2D eigenvalue weighted by Gasteiger charge is -2.10. The van der Waals surface area contributed by atoms with Crippen molar-refractivity contribution in [1.82, 2.24) is 14.8 Å². The molecule has 0 unspecified atom stereocenters. The van der Waals surface area contributed by atoms with Crippen molar-refractivity contribution in [3.63, 3.8) is 0 Å². The molecule has 35 heavy (non-hydrogen) atoms. The molecular formula is C24H17F2N5O3S. The van der Waals surface area contributed by atoms with E-state index in [2.05, 4.69) is 15.4 Å². The zero-order valence-corrected chi connectivity index (χ0v) is 18.8. The summed E-state index contributed by atoms with van der Waals surface area (Å²) in [5.41, 5.74) is 6.23. The van der Waals surface area contributed by atoms with E-state index in [-0.39, 0.29) is 21.2 Å². The summed E-state index contributed by atoms with van der Waals surface area (Å²) >= 11 is 0.842. The Hall–Kier alpha value is -4.38. The number of alkyl halides is 2. The monoisotopic (exact) mass is 493 g/mol. The lowest BCUT2D eigenvalue weighted by molar-refractivity contribution is 0.0994. The van der Waals surface area contributed by atoms with E-state index in [1.165, 1.54) is 12.1 Å². The molecule has 2 amide bonds. The second kappa shape index (κ2) is 9.11. The number of benzene rings is 1. The Labute approximate surface area is 201 Å². The second-order valence-corrected chi connectivity index (χ2v) is 8.53. The van der Waals surface area contributed by atoms with Crippen LogP contribution in [0, 0.1) is 0 Å². The number of primary amides is 1. The number of hydrogen-bond acceptors (Lipinski definition) is 6. The van der Waals surface area contributed by atoms with Crippen molar-refractivity contribution in [2.24, 2.45) is 5.73 Å². The summed E-state index contributed by atoms with van der Waals surface area (Å²) in [6.45, 7) is 0.326. The molecular weight excluding hydrogens is 476 g/mol. The number of amides is 2. The van der Waals surface area contributed by atoms with E-state index in [4.69, 9.17) is 10.2 Å². The third-order valence-corrected chi connectivity index (χ3v) is 6.31. The molecule has 0 radical (unpaired) electrons. The number of carbonyl (C=O) groups is 2. The number of nitrogens with zero attached hydrogens (tertiary/aromatic N) is 3. The van der Waals surface area contributed by atoms with Crippen LogP contribution in [-0.4, -0.2) is 26.6 Å². The van der Waals surface area contributed by atoms with Gasteiger partial charge in [-0.05, 0) is 35.4 Å². The van der Waals surface area contributed by atoms with Crippen LogP contribution in [0.2, 0.25) is 0 Å². The SMILES string of the molecule is NC(=O)c1sc2nc(C(F)F)cc(-c3ccccc3)c2c1NC(=O)c1ccc(Cn2cccn2)o1. The fourth-order valence-electron chi connectivity index (χ4n) is 3.68. The number of halogens is 2. The topological polar surface area (TPSA) is 116 Å². The van der Waals surface area contributed by atoms with E-state index in [0.717, 1.165) is 11.3 Å². The predicted octanol–water partition coefficient (Wildman–Crippen LogP) is 5.09. The van der Waals surface area contributed by atoms with Gasteiger partial charge in [0, 0.05) is 17.8 Å². The minimum absolute atomic E-state index is 0.000322. The van der Waals surface area contributed by atoms with Gasteiger partial charge < -0.3 is 15.5 Å². The molecule has 0 saturated carbocycles. The van der Waals surface area contributed by atoms with Gasteiger partial charge in [-0.2, -0.15) is 5.10 Å². The van der Waals surface area contributed by atoms with E-state index in [0.29, 0.717) is 28.8 Å². The van der Waals surface area contributed by atoms with Gasteiger partial charge in [0.1, 0.15) is 21.2 Å². The number of hydrogen-bond donors (Lipinski definition) is 2. The first-order chi connectivity index (χ1) is 16.9. The van der Waals surface area contributed by atoms with Crippen molar-refractivity contribution in [1.29, 1.82) is 0 Å². The second-order valence-electron chi connectivity index (χ2n) is 7.54. The number of fused-ring (bicyclic) bond motifs is 1. The smallest absolute Gasteiger partial charge is 0.291 e. The van der Waals surface area contributed by atoms with Crippen LogP contribution < -0.4 is 11.1 Å². The molecule has 0 fully saturated rings. The van der Waals surface area contributed by atoms with Gasteiger partial charge in [0.2, 0.25) is 0 Å². The van der Waals surface area contributed by atoms with Gasteiger partial charge in [-0.25, -0.2) is 13.8 Å². The van der Waals surface area contributed by atoms with Crippen molar-refractivity contribution in [3.05, 3.63) is 89.1 Å². The zero-order valence-electron chi connectivity index (χ0n) is 17.9. The minimum Gasteiger partial charge on any atom is -0.454 e. The molecule has 0 aliphatic heterocycles. The number of thiophene rings is 1. The van der Waals surface area contributed by atoms with Crippen molar-refractivity contribution < 1.29 is 22.8 Å². The molecule has 0 spiro atoms. The molecule has 0 aliphatic carbocycles. The fraction of sp³-hybridized carbons (Fsp3) is 0.0833. The number of carbonyl (C=O) groups excluding carboxylic acids is 2. The third kappa shape index (κ3) is 4.41. The highest BCUT2D eigenvalue weighted by Gasteiger charge is 2.26. The van der Waals surface area contributed by atoms with Gasteiger partial charge in [-0.15, -0.1) is 11.3 Å². The van der Waals surface area contributed by atoms with Gasteiger partial charge in [0.15, 0.2) is 5.76 Å². The van der Waals surface area contributed by atoms with Crippen molar-refractivity contribution in [3.8, 4) is 11.1 Å². The maximum absolute atomic E-state index is 13.6. The average Bonchev–Trinajstić information content (AvgIpc) is 3.60. The third-order valence-electron chi connectivity index (χ3n) is 5.22. The van der Waals surface area contributed by atoms with Crippen LogP contribution in [-0.2, 0) is 6.54 Å². The Bertz CT molecular complexity index is 1530. The van der Waals surface area contributed by atoms with E-state index >= 15 is 0 Å². The molecule has 8 nitrogen and oxygen atoms in total. The number of aromatic nitrogens is 3. The van der Waals surface area contributed by atoms with Crippen LogP contribution in [0.4, 0.5) is 14.5 Å². The van der Waals surface area contributed by atoms with Crippen LogP contribution >= 0.6 is 11.3 Å². The Balaban J connectivity index is 1.59. The summed E-state index contributed by atoms with van der Waals surface area (Å²) < 4.78 is 34.5. The van der Waals surface area contributed by atoms with E-state index in [9.17, 15) is 18.4 Å². The van der Waals surface area contributed by atoms with Crippen LogP contribution in [0.1, 0.15) is 38.1 Å². The van der Waals surface area contributed by atoms with Crippen LogP contribution in [0.15, 0.2) is 71.4 Å². The Morgan fingerprint density at radius 1 is 1.14 bits per heavy atom. The zero-order chi connectivity index (χ0) is 24.5. The summed E-state index contributed by atoms with van der Waals surface area (Å²) in [5, 5.41) is 7.13. The summed E-state index contributed by atoms with van der Waals surface area (Å²) in [5.74, 6) is -0.951. The molecule has 11 heteroatoms. The number of nitrogens with two attached hydrogens (primary N) is 1. The fourth-order valence-corrected chi connectivity index (χ4v) is 4.70. The van der Waals surface area contributed by atoms with Crippen molar-refractivity contribution >= 4 is 39.1 Å². The van der Waals surface area contributed by atoms with Gasteiger partial charge in [-0.1, -0.05) is 30.3 Å². The number of nitrogens with one attached hydrogen (secondary N) is 1. The molecule has 5 rings (SSSR count). The van der Waals surface area contributed by atoms with Gasteiger partial charge in [-0.3, -0.25) is 14.3 Å². The molecule has 0 atom stereocenters. The first kappa shape index (κ1) is 22.4. The molecule has 4 aromatic heterocycles. The maximum atomic E-state index is 13.6. The molecule has 1 aromatic carbocycles. The summed E-state index contributed by atoms with van der Waals surface area (Å²) in [4.78, 5) is 29.5. The lowest BCUT2D eigenvalue weighted by Crippen LogP contribution is -2.16. The molecule has 0 saturated heterocycles. The molecule has 0 bridgehead atoms. The van der Waals surface area contributed by atoms with E-state index < -0.39 is 23.9 Å². The van der Waals surface area contributed by atoms with E-state index in [1.807, 2.05) is 0 Å². The van der Waals surface area contributed by atoms with Crippen LogP contribution in [0.25, 0.3) is 21.3 Å². The molecule has 5 aromatic rings. The lowest BCUT2D eigenvalue weighted by atomic mass is 10.0. The molecule has 3 N–H and O–H groups in total. The molecule has 4 heterocycles. The van der Waals surface area contributed by atoms with Gasteiger partial charge in [0.05, 0.1) is 12.2 Å². The highest BCUT2D eigenvalue weighted by molar-refractivity contribution is 7.21. The molecule has 0 aliphatic rings. The first-order valence-electron chi connectivity index (χ1n) is 10.4. The Kier molecular flexibility index (Phi) is 5.83. The van der Waals surface area contributed by atoms with Crippen molar-refractivity contribution in [2.45, 2.75) is 13.0 Å². The number of rotatable bonds is 7. The van der Waals surface area contributed by atoms with Crippen LogP contribution in [0.3, 0.4) is 0 Å². The number of anilines is 1. The number of furan rings is 1. The van der Waals surface area contributed by atoms with E-state index in [1.54, 1.807) is 59.5 Å². The van der Waals surface area contributed by atoms with Gasteiger partial charge in [0.25, 0.3) is 18.2 Å². The predicted molar refractivity (Wildman–Crippen MR) is 127 cm³/mol. The number of pyridine rings is 1.